The highest BCUT2D eigenvalue weighted by molar-refractivity contribution is 9.18. The number of ether oxygens (including phenoxy) is 1. The van der Waals surface area contributed by atoms with Crippen molar-refractivity contribution in [2.45, 2.75) is 20.0 Å². The lowest BCUT2D eigenvalue weighted by Gasteiger charge is -2.21. The predicted octanol–water partition coefficient (Wildman–Crippen LogP) is 5.97. The van der Waals surface area contributed by atoms with E-state index >= 15 is 0 Å². The van der Waals surface area contributed by atoms with Gasteiger partial charge in [0.05, 0.1) is 4.62 Å². The first-order valence-corrected chi connectivity index (χ1v) is 11.5. The minimum atomic E-state index is -0.693. The van der Waals surface area contributed by atoms with Crippen molar-refractivity contribution in [2.75, 3.05) is 13.1 Å². The van der Waals surface area contributed by atoms with Crippen LogP contribution in [-0.4, -0.2) is 28.9 Å². The zero-order chi connectivity index (χ0) is 24.4. The lowest BCUT2D eigenvalue weighted by atomic mass is 9.99. The summed E-state index contributed by atoms with van der Waals surface area (Å²) in [6.45, 7) is 4.66. The fraction of sp³-hybridized carbons (Fsp3) is 0.227. The monoisotopic (exact) mass is 580 g/mol. The Labute approximate surface area is 208 Å². The minimum Gasteiger partial charge on any atom is -0.482 e. The second-order valence-corrected chi connectivity index (χ2v) is 8.51. The maximum atomic E-state index is 14.2. The predicted molar refractivity (Wildman–Crippen MR) is 136 cm³/mol. The van der Waals surface area contributed by atoms with Crippen LogP contribution in [0.5, 0.6) is 5.75 Å². The van der Waals surface area contributed by atoms with Crippen molar-refractivity contribution in [3.05, 3.63) is 74.6 Å². The molecule has 0 fully saturated rings. The molecule has 0 aliphatic carbocycles. The normalized spacial score (nSPS) is 12.6. The summed E-state index contributed by atoms with van der Waals surface area (Å²) in [5, 5.41) is 24.6. The van der Waals surface area contributed by atoms with Gasteiger partial charge in [-0.3, -0.25) is 5.41 Å². The van der Waals surface area contributed by atoms with E-state index in [0.29, 0.717) is 40.0 Å². The van der Waals surface area contributed by atoms with E-state index in [9.17, 15) is 9.30 Å². The van der Waals surface area contributed by atoms with Gasteiger partial charge >= 0.3 is 0 Å². The summed E-state index contributed by atoms with van der Waals surface area (Å²) >= 11 is 6.41. The van der Waals surface area contributed by atoms with Gasteiger partial charge in [0, 0.05) is 58.6 Å². The van der Waals surface area contributed by atoms with Gasteiger partial charge < -0.3 is 20.8 Å². The van der Waals surface area contributed by atoms with Gasteiger partial charge in [-0.05, 0) is 81.2 Å². The van der Waals surface area contributed by atoms with Crippen molar-refractivity contribution in [1.29, 1.82) is 10.8 Å². The van der Waals surface area contributed by atoms with Crippen LogP contribution in [0.25, 0.3) is 5.70 Å². The van der Waals surface area contributed by atoms with E-state index in [1.54, 1.807) is 25.3 Å². The molecule has 1 atom stereocenters. The van der Waals surface area contributed by atoms with Gasteiger partial charge in [-0.2, -0.15) is 0 Å². The van der Waals surface area contributed by atoms with Crippen LogP contribution < -0.4 is 15.4 Å². The van der Waals surface area contributed by atoms with Gasteiger partial charge in [-0.1, -0.05) is 0 Å². The molecule has 174 valence electrons. The van der Waals surface area contributed by atoms with Crippen molar-refractivity contribution in [3.8, 4) is 5.75 Å². The fourth-order valence-corrected chi connectivity index (χ4v) is 3.40. The van der Waals surface area contributed by atoms with Crippen LogP contribution in [-0.2, 0) is 0 Å². The summed E-state index contributed by atoms with van der Waals surface area (Å²) in [5.41, 5.74) is 2.27. The van der Waals surface area contributed by atoms with E-state index < -0.39 is 11.9 Å². The Balaban J connectivity index is 2.44. The molecule has 11 heteroatoms. The van der Waals surface area contributed by atoms with Crippen LogP contribution in [0.1, 0.15) is 31.1 Å². The molecule has 1 aromatic heterocycles. The van der Waals surface area contributed by atoms with E-state index in [1.165, 1.54) is 30.6 Å². The van der Waals surface area contributed by atoms with Crippen LogP contribution in [0.4, 0.5) is 10.2 Å². The Morgan fingerprint density at radius 1 is 1.39 bits per heavy atom. The molecule has 0 bridgehead atoms. The largest absolute Gasteiger partial charge is 0.482 e. The highest BCUT2D eigenvalue weighted by Crippen LogP contribution is 2.34. The topological polar surface area (TPSA) is 123 Å². The number of allylic oxidation sites excluding steroid dienone is 1. The molecular formula is C22H23Br2FN6O2. The third kappa shape index (κ3) is 7.86. The summed E-state index contributed by atoms with van der Waals surface area (Å²) in [6, 6.07) is 5.78. The first-order valence-electron chi connectivity index (χ1n) is 9.86. The first-order chi connectivity index (χ1) is 15.8. The molecule has 1 aromatic carbocycles. The highest BCUT2D eigenvalue weighted by Gasteiger charge is 2.19. The maximum absolute atomic E-state index is 14.2. The Morgan fingerprint density at radius 3 is 2.79 bits per heavy atom. The van der Waals surface area contributed by atoms with E-state index in [4.69, 9.17) is 15.6 Å². The van der Waals surface area contributed by atoms with Crippen molar-refractivity contribution >= 4 is 54.2 Å². The van der Waals surface area contributed by atoms with E-state index in [1.807, 2.05) is 6.92 Å². The number of nitroso groups, excluding NO2 is 1. The number of hydrogen-bond donors (Lipinski definition) is 4. The van der Waals surface area contributed by atoms with E-state index in [0.717, 1.165) is 0 Å². The Kier molecular flexibility index (Phi) is 10.3. The first kappa shape index (κ1) is 26.3. The molecule has 0 spiro atoms. The number of halogens is 3. The van der Waals surface area contributed by atoms with E-state index in [-0.39, 0.29) is 16.2 Å². The lowest BCUT2D eigenvalue weighted by Crippen LogP contribution is -2.20. The van der Waals surface area contributed by atoms with Gasteiger partial charge in [0.2, 0.25) is 5.82 Å². The van der Waals surface area contributed by atoms with Crippen LogP contribution in [0.3, 0.4) is 0 Å². The van der Waals surface area contributed by atoms with Gasteiger partial charge in [-0.15, -0.1) is 4.91 Å². The summed E-state index contributed by atoms with van der Waals surface area (Å²) in [6.07, 6.45) is 5.22. The number of hydrogen-bond acceptors (Lipinski definition) is 8. The molecule has 0 aliphatic heterocycles. The van der Waals surface area contributed by atoms with Crippen LogP contribution in [0, 0.1) is 21.5 Å². The molecule has 0 unspecified atom stereocenters. The molecule has 0 saturated heterocycles. The zero-order valence-corrected chi connectivity index (χ0v) is 21.1. The average Bonchev–Trinajstić information content (AvgIpc) is 2.78. The second kappa shape index (κ2) is 12.9. The average molecular weight is 582 g/mol. The number of benzene rings is 1. The Bertz CT molecular complexity index is 1090. The quantitative estimate of drug-likeness (QED) is 0.182. The molecule has 2 aromatic rings. The summed E-state index contributed by atoms with van der Waals surface area (Å²) in [4.78, 5) is 15.0. The molecule has 0 amide bonds. The standard InChI is InChI=1S/C22H23Br2FN6O2/c1-3-28-10-14(9-26)11-29-19(8-21(24)27)17-5-4-16(25)7-18(17)13(2)33-20-6-15(23)12-30-22(20)31-32/h4-10,12-13,26-29H,3,11H2,1-2H3/b14-10+,19-8-,26-9?,27-21?/t13-/m1/s1. The molecule has 0 saturated carbocycles. The van der Waals surface area contributed by atoms with Gasteiger partial charge in [0.15, 0.2) is 5.75 Å². The van der Waals surface area contributed by atoms with Crippen LogP contribution in [0.15, 0.2) is 58.0 Å². The summed E-state index contributed by atoms with van der Waals surface area (Å²) in [5.74, 6) is -0.442. The summed E-state index contributed by atoms with van der Waals surface area (Å²) < 4.78 is 20.8. The lowest BCUT2D eigenvalue weighted by molar-refractivity contribution is 0.226. The Hall–Kier alpha value is -2.92. The zero-order valence-electron chi connectivity index (χ0n) is 18.0. The maximum Gasteiger partial charge on any atom is 0.239 e. The van der Waals surface area contributed by atoms with Crippen molar-refractivity contribution in [1.82, 2.24) is 15.6 Å². The van der Waals surface area contributed by atoms with Crippen molar-refractivity contribution < 1.29 is 9.13 Å². The number of aromatic nitrogens is 1. The van der Waals surface area contributed by atoms with Crippen molar-refractivity contribution in [2.24, 2.45) is 5.18 Å². The molecular weight excluding hydrogens is 559 g/mol. The second-order valence-electron chi connectivity index (χ2n) is 6.74. The molecule has 0 aliphatic rings. The minimum absolute atomic E-state index is 0.101. The third-order valence-electron chi connectivity index (χ3n) is 4.36. The summed E-state index contributed by atoms with van der Waals surface area (Å²) in [7, 11) is 0. The molecule has 1 heterocycles. The van der Waals surface area contributed by atoms with Gasteiger partial charge in [0.1, 0.15) is 11.9 Å². The fourth-order valence-electron chi connectivity index (χ4n) is 2.86. The van der Waals surface area contributed by atoms with Crippen molar-refractivity contribution in [3.63, 3.8) is 0 Å². The van der Waals surface area contributed by atoms with Gasteiger partial charge in [0.25, 0.3) is 0 Å². The van der Waals surface area contributed by atoms with Crippen LogP contribution in [0.2, 0.25) is 0 Å². The smallest absolute Gasteiger partial charge is 0.239 e. The molecule has 33 heavy (non-hydrogen) atoms. The third-order valence-corrected chi connectivity index (χ3v) is 5.03. The van der Waals surface area contributed by atoms with Gasteiger partial charge in [-0.25, -0.2) is 9.37 Å². The van der Waals surface area contributed by atoms with E-state index in [2.05, 4.69) is 52.7 Å². The molecule has 2 rings (SSSR count). The Morgan fingerprint density at radius 2 is 2.15 bits per heavy atom. The number of rotatable bonds is 12. The SMILES string of the molecule is CCN/C=C(\C=N)CN/C(=C\C(=N)Br)c1ccc(F)cc1[C@@H](C)Oc1cc(Br)cnc1N=O. The molecule has 8 nitrogen and oxygen atoms in total. The number of nitrogens with zero attached hydrogens (tertiary/aromatic N) is 2. The molecule has 0 radical (unpaired) electrons. The number of pyridine rings is 1. The van der Waals surface area contributed by atoms with Crippen LogP contribution >= 0.6 is 31.9 Å². The number of nitrogens with one attached hydrogen (secondary N) is 4. The molecule has 4 N–H and O–H groups in total. The highest BCUT2D eigenvalue weighted by atomic mass is 79.9.